The number of benzene rings is 1. The number of hydrogen-bond donors (Lipinski definition) is 3. The first-order valence-corrected chi connectivity index (χ1v) is 10.3. The molecule has 1 fully saturated rings. The van der Waals surface area contributed by atoms with E-state index < -0.39 is 0 Å². The number of pyridine rings is 1. The van der Waals surface area contributed by atoms with Gasteiger partial charge in [-0.1, -0.05) is 18.6 Å². The zero-order valence-corrected chi connectivity index (χ0v) is 17.3. The van der Waals surface area contributed by atoms with Crippen LogP contribution in [0.3, 0.4) is 0 Å². The summed E-state index contributed by atoms with van der Waals surface area (Å²) in [6.07, 6.45) is 3.59. The number of piperidine rings is 1. The number of aromatic nitrogens is 1. The second kappa shape index (κ2) is 11.1. The van der Waals surface area contributed by atoms with E-state index in [4.69, 9.17) is 16.2 Å². The molecule has 0 spiro atoms. The summed E-state index contributed by atoms with van der Waals surface area (Å²) in [5.41, 5.74) is 12.0. The minimum absolute atomic E-state index is 0.105. The summed E-state index contributed by atoms with van der Waals surface area (Å²) in [7, 11) is 0. The molecule has 0 saturated carbocycles. The molecule has 10 nitrogen and oxygen atoms in total. The van der Waals surface area contributed by atoms with Crippen LogP contribution >= 0.6 is 0 Å². The smallest absolute Gasteiger partial charge is 0.325 e. The second-order valence-corrected chi connectivity index (χ2v) is 7.17. The number of rotatable bonds is 8. The fourth-order valence-corrected chi connectivity index (χ4v) is 3.15. The fraction of sp³-hybridized carbons (Fsp3) is 0.381. The number of hydrogen-bond acceptors (Lipinski definition) is 9. The van der Waals surface area contributed by atoms with Gasteiger partial charge < -0.3 is 21.5 Å². The Morgan fingerprint density at radius 1 is 1.06 bits per heavy atom. The summed E-state index contributed by atoms with van der Waals surface area (Å²) in [4.78, 5) is 30.1. The molecule has 164 valence electrons. The van der Waals surface area contributed by atoms with Gasteiger partial charge in [0, 0.05) is 13.0 Å². The van der Waals surface area contributed by atoms with Crippen LogP contribution in [0.25, 0.3) is 0 Å². The molecule has 0 radical (unpaired) electrons. The van der Waals surface area contributed by atoms with Crippen molar-refractivity contribution in [3.8, 4) is 5.75 Å². The van der Waals surface area contributed by atoms with Crippen molar-refractivity contribution in [1.29, 1.82) is 0 Å². The number of carbonyl (C=O) groups is 2. The first kappa shape index (κ1) is 22.3. The summed E-state index contributed by atoms with van der Waals surface area (Å²) in [5, 5.41) is 10.9. The standard InChI is InChI=1S/C21H27N7O3/c22-11-10-19(29)24-18-9-8-16(21(23)25-18)27-26-15-6-2-3-7-17(15)31-20(30)14-28-12-4-1-5-13-28/h2-3,6-9H,1,4-5,10-14,22H2,(H3,23,24,25,29). The average Bonchev–Trinajstić information content (AvgIpc) is 2.75. The lowest BCUT2D eigenvalue weighted by molar-refractivity contribution is -0.135. The van der Waals surface area contributed by atoms with E-state index in [-0.39, 0.29) is 37.2 Å². The summed E-state index contributed by atoms with van der Waals surface area (Å²) in [5.74, 6) is 0.161. The number of ether oxygens (including phenoxy) is 1. The predicted octanol–water partition coefficient (Wildman–Crippen LogP) is 2.76. The maximum absolute atomic E-state index is 12.3. The normalized spacial score (nSPS) is 14.5. The minimum Gasteiger partial charge on any atom is -0.423 e. The Hall–Kier alpha value is -3.37. The molecular formula is C21H27N7O3. The van der Waals surface area contributed by atoms with E-state index in [9.17, 15) is 9.59 Å². The summed E-state index contributed by atoms with van der Waals surface area (Å²) >= 11 is 0. The molecule has 0 atom stereocenters. The van der Waals surface area contributed by atoms with Crippen molar-refractivity contribution in [3.63, 3.8) is 0 Å². The van der Waals surface area contributed by atoms with Gasteiger partial charge >= 0.3 is 5.97 Å². The number of nitrogens with zero attached hydrogens (tertiary/aromatic N) is 4. The molecule has 10 heteroatoms. The van der Waals surface area contributed by atoms with Crippen LogP contribution in [0, 0.1) is 0 Å². The Bertz CT molecular complexity index is 942. The molecule has 0 aliphatic carbocycles. The number of anilines is 2. The van der Waals surface area contributed by atoms with E-state index in [1.165, 1.54) is 6.42 Å². The number of para-hydroxylation sites is 1. The predicted molar refractivity (Wildman–Crippen MR) is 117 cm³/mol. The summed E-state index contributed by atoms with van der Waals surface area (Å²) in [6.45, 7) is 2.31. The van der Waals surface area contributed by atoms with Crippen LogP contribution in [0.15, 0.2) is 46.6 Å². The number of amides is 1. The number of nitrogen functional groups attached to an aromatic ring is 1. The van der Waals surface area contributed by atoms with E-state index in [1.54, 1.807) is 36.4 Å². The SMILES string of the molecule is NCCC(=O)Nc1ccc(N=Nc2ccccc2OC(=O)CN2CCCCC2)c(N)n1. The van der Waals surface area contributed by atoms with E-state index >= 15 is 0 Å². The van der Waals surface area contributed by atoms with Crippen molar-refractivity contribution < 1.29 is 14.3 Å². The lowest BCUT2D eigenvalue weighted by Crippen LogP contribution is -2.36. The quantitative estimate of drug-likeness (QED) is 0.334. The molecule has 1 aliphatic rings. The molecule has 5 N–H and O–H groups in total. The molecule has 1 aliphatic heterocycles. The number of azo groups is 1. The van der Waals surface area contributed by atoms with Gasteiger partial charge in [0.1, 0.15) is 17.2 Å². The van der Waals surface area contributed by atoms with E-state index in [0.29, 0.717) is 22.9 Å². The fourth-order valence-electron chi connectivity index (χ4n) is 3.15. The molecule has 31 heavy (non-hydrogen) atoms. The zero-order chi connectivity index (χ0) is 22.1. The van der Waals surface area contributed by atoms with Crippen molar-refractivity contribution in [1.82, 2.24) is 9.88 Å². The lowest BCUT2D eigenvalue weighted by Gasteiger charge is -2.25. The third-order valence-corrected chi connectivity index (χ3v) is 4.70. The lowest BCUT2D eigenvalue weighted by atomic mass is 10.1. The van der Waals surface area contributed by atoms with Crippen molar-refractivity contribution in [2.45, 2.75) is 25.7 Å². The molecule has 2 heterocycles. The highest BCUT2D eigenvalue weighted by Gasteiger charge is 2.16. The minimum atomic E-state index is -0.330. The van der Waals surface area contributed by atoms with E-state index in [1.807, 2.05) is 0 Å². The Morgan fingerprint density at radius 2 is 1.81 bits per heavy atom. The largest absolute Gasteiger partial charge is 0.423 e. The number of esters is 1. The molecule has 1 amide bonds. The van der Waals surface area contributed by atoms with Gasteiger partial charge in [0.05, 0.1) is 6.54 Å². The summed E-state index contributed by atoms with van der Waals surface area (Å²) < 4.78 is 5.51. The third kappa shape index (κ3) is 6.83. The van der Waals surface area contributed by atoms with Gasteiger partial charge in [0.15, 0.2) is 11.6 Å². The highest BCUT2D eigenvalue weighted by atomic mass is 16.5. The van der Waals surface area contributed by atoms with Crippen LogP contribution in [-0.4, -0.2) is 47.9 Å². The zero-order valence-electron chi connectivity index (χ0n) is 17.3. The van der Waals surface area contributed by atoms with Crippen molar-refractivity contribution in [2.24, 2.45) is 16.0 Å². The third-order valence-electron chi connectivity index (χ3n) is 4.70. The van der Waals surface area contributed by atoms with Gasteiger partial charge in [0.25, 0.3) is 0 Å². The monoisotopic (exact) mass is 425 g/mol. The second-order valence-electron chi connectivity index (χ2n) is 7.17. The van der Waals surface area contributed by atoms with Crippen LogP contribution in [0.4, 0.5) is 23.0 Å². The molecule has 0 unspecified atom stereocenters. The topological polar surface area (TPSA) is 148 Å². The van der Waals surface area contributed by atoms with Crippen molar-refractivity contribution in [2.75, 3.05) is 37.2 Å². The maximum Gasteiger partial charge on any atom is 0.325 e. The molecule has 1 saturated heterocycles. The van der Waals surface area contributed by atoms with Gasteiger partial charge in [-0.3, -0.25) is 14.5 Å². The van der Waals surface area contributed by atoms with Gasteiger partial charge in [-0.25, -0.2) is 4.98 Å². The van der Waals surface area contributed by atoms with Crippen LogP contribution in [0.1, 0.15) is 25.7 Å². The van der Waals surface area contributed by atoms with Gasteiger partial charge in [-0.05, 0) is 50.2 Å². The van der Waals surface area contributed by atoms with Gasteiger partial charge in [-0.2, -0.15) is 0 Å². The molecule has 1 aromatic heterocycles. The van der Waals surface area contributed by atoms with E-state index in [0.717, 1.165) is 25.9 Å². The molecule has 2 aromatic rings. The Labute approximate surface area is 180 Å². The molecule has 0 bridgehead atoms. The first-order valence-electron chi connectivity index (χ1n) is 10.3. The van der Waals surface area contributed by atoms with Crippen LogP contribution in [0.5, 0.6) is 5.75 Å². The van der Waals surface area contributed by atoms with Gasteiger partial charge in [0.2, 0.25) is 5.91 Å². The van der Waals surface area contributed by atoms with Gasteiger partial charge in [-0.15, -0.1) is 10.2 Å². The number of nitrogens with two attached hydrogens (primary N) is 2. The average molecular weight is 425 g/mol. The Morgan fingerprint density at radius 3 is 2.55 bits per heavy atom. The maximum atomic E-state index is 12.3. The number of likely N-dealkylation sites (tertiary alicyclic amines) is 1. The molecular weight excluding hydrogens is 398 g/mol. The van der Waals surface area contributed by atoms with Crippen molar-refractivity contribution in [3.05, 3.63) is 36.4 Å². The molecule has 1 aromatic carbocycles. The Kier molecular flexibility index (Phi) is 8.02. The van der Waals surface area contributed by atoms with Crippen LogP contribution < -0.4 is 21.5 Å². The van der Waals surface area contributed by atoms with Crippen LogP contribution in [0.2, 0.25) is 0 Å². The van der Waals surface area contributed by atoms with Crippen LogP contribution in [-0.2, 0) is 9.59 Å². The van der Waals surface area contributed by atoms with E-state index in [2.05, 4.69) is 25.4 Å². The first-order chi connectivity index (χ1) is 15.0. The Balaban J connectivity index is 1.65. The highest BCUT2D eigenvalue weighted by molar-refractivity contribution is 5.90. The summed E-state index contributed by atoms with van der Waals surface area (Å²) in [6, 6.07) is 10.1. The van der Waals surface area contributed by atoms with Crippen molar-refractivity contribution >= 4 is 34.9 Å². The molecule has 3 rings (SSSR count). The number of carbonyl (C=O) groups excluding carboxylic acids is 2. The number of nitrogens with one attached hydrogen (secondary N) is 1. The highest BCUT2D eigenvalue weighted by Crippen LogP contribution is 2.30.